The van der Waals surface area contributed by atoms with Crippen LogP contribution in [-0.4, -0.2) is 46.4 Å². The number of hydrogen-bond donors (Lipinski definition) is 0. The Morgan fingerprint density at radius 3 is 2.96 bits per heavy atom. The van der Waals surface area contributed by atoms with Crippen LogP contribution in [0.1, 0.15) is 17.4 Å². The quantitative estimate of drug-likeness (QED) is 0.666. The van der Waals surface area contributed by atoms with Gasteiger partial charge in [-0.15, -0.1) is 0 Å². The molecule has 0 bridgehead atoms. The van der Waals surface area contributed by atoms with E-state index in [1.54, 1.807) is 11.6 Å². The zero-order chi connectivity index (χ0) is 17.2. The largest absolute Gasteiger partial charge is 0.378 e. The van der Waals surface area contributed by atoms with E-state index in [1.165, 1.54) is 6.33 Å². The van der Waals surface area contributed by atoms with Gasteiger partial charge in [-0.2, -0.15) is 14.6 Å². The topological polar surface area (TPSA) is 64.8 Å². The van der Waals surface area contributed by atoms with Crippen LogP contribution in [0.25, 0.3) is 5.78 Å². The minimum absolute atomic E-state index is 0.0134. The molecule has 1 atom stereocenters. The van der Waals surface area contributed by atoms with Crippen LogP contribution < -0.4 is 4.90 Å². The number of fused-ring (bicyclic) bond motifs is 1. The van der Waals surface area contributed by atoms with Crippen LogP contribution in [-0.2, 0) is 16.1 Å². The average molecular weight is 404 g/mol. The molecule has 0 N–H and O–H groups in total. The van der Waals surface area contributed by atoms with Gasteiger partial charge in [0.25, 0.3) is 5.78 Å². The number of hydrogen-bond acceptors (Lipinski definition) is 6. The van der Waals surface area contributed by atoms with Crippen LogP contribution in [0.2, 0.25) is 0 Å². The summed E-state index contributed by atoms with van der Waals surface area (Å²) < 4.78 is 14.0. The Balaban J connectivity index is 1.65. The highest BCUT2D eigenvalue weighted by Crippen LogP contribution is 2.27. The molecule has 4 rings (SSSR count). The molecule has 1 saturated heterocycles. The molecule has 25 heavy (non-hydrogen) atoms. The molecule has 1 fully saturated rings. The Kier molecular flexibility index (Phi) is 4.65. The van der Waals surface area contributed by atoms with Crippen molar-refractivity contribution in [2.75, 3.05) is 31.7 Å². The lowest BCUT2D eigenvalue weighted by atomic mass is 10.1. The van der Waals surface area contributed by atoms with Gasteiger partial charge in [-0.1, -0.05) is 28.1 Å². The summed E-state index contributed by atoms with van der Waals surface area (Å²) in [6, 6.07) is 10.3. The molecule has 3 heterocycles. The van der Waals surface area contributed by atoms with Crippen LogP contribution in [0.4, 0.5) is 5.82 Å². The molecule has 0 radical (unpaired) electrons. The van der Waals surface area contributed by atoms with Gasteiger partial charge in [0, 0.05) is 30.7 Å². The van der Waals surface area contributed by atoms with Crippen molar-refractivity contribution in [3.63, 3.8) is 0 Å². The van der Waals surface area contributed by atoms with E-state index in [0.717, 1.165) is 34.6 Å². The van der Waals surface area contributed by atoms with Gasteiger partial charge in [0.05, 0.1) is 18.9 Å². The molecule has 2 aromatic heterocycles. The minimum atomic E-state index is 0.0134. The van der Waals surface area contributed by atoms with Gasteiger partial charge < -0.3 is 14.4 Å². The predicted molar refractivity (Wildman–Crippen MR) is 96.5 cm³/mol. The number of rotatable bonds is 4. The lowest BCUT2D eigenvalue weighted by molar-refractivity contribution is 0.0393. The highest BCUT2D eigenvalue weighted by Gasteiger charge is 2.24. The summed E-state index contributed by atoms with van der Waals surface area (Å²) in [5.74, 6) is 1.54. The highest BCUT2D eigenvalue weighted by molar-refractivity contribution is 9.10. The molecule has 8 heteroatoms. The number of methoxy groups -OCH3 is 1. The number of anilines is 1. The Hall–Kier alpha value is -2.03. The lowest BCUT2D eigenvalue weighted by Crippen LogP contribution is -2.39. The number of ether oxygens (including phenoxy) is 2. The first-order chi connectivity index (χ1) is 12.2. The summed E-state index contributed by atoms with van der Waals surface area (Å²) in [6.45, 7) is 2.63. The van der Waals surface area contributed by atoms with Crippen LogP contribution in [0.3, 0.4) is 0 Å². The van der Waals surface area contributed by atoms with E-state index in [-0.39, 0.29) is 6.10 Å². The summed E-state index contributed by atoms with van der Waals surface area (Å²) >= 11 is 3.47. The Labute approximate surface area is 153 Å². The fourth-order valence-electron chi connectivity index (χ4n) is 3.03. The first kappa shape index (κ1) is 16.4. The average Bonchev–Trinajstić information content (AvgIpc) is 3.10. The standard InChI is InChI=1S/C17H18BrN5O2/c1-24-10-14-8-16(23-17(21-14)19-11-20-23)22-6-7-25-15(9-22)12-2-4-13(18)5-3-12/h2-5,8,11,15H,6-7,9-10H2,1H3. The van der Waals surface area contributed by atoms with Gasteiger partial charge in [-0.25, -0.2) is 4.98 Å². The van der Waals surface area contributed by atoms with Crippen LogP contribution >= 0.6 is 15.9 Å². The second-order valence-electron chi connectivity index (χ2n) is 5.87. The molecule has 0 aliphatic carbocycles. The summed E-state index contributed by atoms with van der Waals surface area (Å²) in [5.41, 5.74) is 2.00. The van der Waals surface area contributed by atoms with Crippen molar-refractivity contribution in [2.24, 2.45) is 0 Å². The molecule has 1 aromatic carbocycles. The fraction of sp³-hybridized carbons (Fsp3) is 0.353. The monoisotopic (exact) mass is 403 g/mol. The number of benzene rings is 1. The molecule has 1 aliphatic heterocycles. The van der Waals surface area contributed by atoms with Gasteiger partial charge in [0.1, 0.15) is 18.2 Å². The van der Waals surface area contributed by atoms with E-state index in [4.69, 9.17) is 9.47 Å². The molecule has 1 unspecified atom stereocenters. The highest BCUT2D eigenvalue weighted by atomic mass is 79.9. The van der Waals surface area contributed by atoms with Crippen molar-refractivity contribution in [1.82, 2.24) is 19.6 Å². The van der Waals surface area contributed by atoms with E-state index >= 15 is 0 Å². The third-order valence-corrected chi connectivity index (χ3v) is 4.74. The first-order valence-electron chi connectivity index (χ1n) is 8.05. The molecule has 0 saturated carbocycles. The molecular weight excluding hydrogens is 386 g/mol. The van der Waals surface area contributed by atoms with Crippen LogP contribution in [0.5, 0.6) is 0 Å². The van der Waals surface area contributed by atoms with Gasteiger partial charge in [-0.3, -0.25) is 0 Å². The molecule has 130 valence electrons. The van der Waals surface area contributed by atoms with Gasteiger partial charge in [-0.05, 0) is 17.7 Å². The zero-order valence-electron chi connectivity index (χ0n) is 13.8. The Bertz CT molecular complexity index is 867. The zero-order valence-corrected chi connectivity index (χ0v) is 15.4. The maximum atomic E-state index is 5.98. The third-order valence-electron chi connectivity index (χ3n) is 4.21. The normalized spacial score (nSPS) is 18.0. The van der Waals surface area contributed by atoms with Crippen molar-refractivity contribution in [3.8, 4) is 0 Å². The van der Waals surface area contributed by atoms with Crippen LogP contribution in [0.15, 0.2) is 41.1 Å². The molecule has 3 aromatic rings. The fourth-order valence-corrected chi connectivity index (χ4v) is 3.29. The molecule has 0 amide bonds. The van der Waals surface area contributed by atoms with E-state index in [0.29, 0.717) is 19.0 Å². The SMILES string of the molecule is COCc1cc(N2CCOC(c3ccc(Br)cc3)C2)n2ncnc2n1. The Morgan fingerprint density at radius 1 is 1.32 bits per heavy atom. The summed E-state index contributed by atoms with van der Waals surface area (Å²) in [6.07, 6.45) is 1.54. The Morgan fingerprint density at radius 2 is 2.16 bits per heavy atom. The summed E-state index contributed by atoms with van der Waals surface area (Å²) in [5, 5.41) is 4.32. The van der Waals surface area contributed by atoms with Crippen LogP contribution in [0, 0.1) is 0 Å². The van der Waals surface area contributed by atoms with Crippen molar-refractivity contribution >= 4 is 27.5 Å². The van der Waals surface area contributed by atoms with E-state index in [2.05, 4.69) is 48.0 Å². The smallest absolute Gasteiger partial charge is 0.254 e. The molecule has 1 aliphatic rings. The second kappa shape index (κ2) is 7.07. The lowest BCUT2D eigenvalue weighted by Gasteiger charge is -2.34. The van der Waals surface area contributed by atoms with E-state index < -0.39 is 0 Å². The summed E-state index contributed by atoms with van der Waals surface area (Å²) in [4.78, 5) is 11.0. The maximum Gasteiger partial charge on any atom is 0.254 e. The molecular formula is C17H18BrN5O2. The third kappa shape index (κ3) is 3.37. The number of aromatic nitrogens is 4. The van der Waals surface area contributed by atoms with Gasteiger partial charge in [0.15, 0.2) is 0 Å². The number of halogens is 1. The van der Waals surface area contributed by atoms with Gasteiger partial charge in [0.2, 0.25) is 0 Å². The molecule has 0 spiro atoms. The summed E-state index contributed by atoms with van der Waals surface area (Å²) in [7, 11) is 1.66. The minimum Gasteiger partial charge on any atom is -0.378 e. The number of morpholine rings is 1. The maximum absolute atomic E-state index is 5.98. The first-order valence-corrected chi connectivity index (χ1v) is 8.84. The van der Waals surface area contributed by atoms with Gasteiger partial charge >= 0.3 is 0 Å². The van der Waals surface area contributed by atoms with E-state index in [1.807, 2.05) is 18.2 Å². The number of nitrogens with zero attached hydrogens (tertiary/aromatic N) is 5. The van der Waals surface area contributed by atoms with Crippen molar-refractivity contribution < 1.29 is 9.47 Å². The van der Waals surface area contributed by atoms with Crippen molar-refractivity contribution in [3.05, 3.63) is 52.4 Å². The van der Waals surface area contributed by atoms with E-state index in [9.17, 15) is 0 Å². The second-order valence-corrected chi connectivity index (χ2v) is 6.78. The molecule has 7 nitrogen and oxygen atoms in total. The van der Waals surface area contributed by atoms with Crippen molar-refractivity contribution in [2.45, 2.75) is 12.7 Å². The van der Waals surface area contributed by atoms with Crippen molar-refractivity contribution in [1.29, 1.82) is 0 Å². The predicted octanol–water partition coefficient (Wildman–Crippen LogP) is 2.61.